The van der Waals surface area contributed by atoms with Gasteiger partial charge in [-0.15, -0.1) is 0 Å². The van der Waals surface area contributed by atoms with E-state index in [1.807, 2.05) is 39.8 Å². The zero-order chi connectivity index (χ0) is 18.1. The Labute approximate surface area is 149 Å². The maximum absolute atomic E-state index is 14.7. The highest BCUT2D eigenvalue weighted by atomic mass is 19.1. The molecule has 3 aromatic rings. The smallest absolute Gasteiger partial charge is 0.134 e. The Hall–Kier alpha value is -2.67. The van der Waals surface area contributed by atoms with Crippen LogP contribution in [0.5, 0.6) is 0 Å². The summed E-state index contributed by atoms with van der Waals surface area (Å²) in [6, 6.07) is 18.5. The minimum atomic E-state index is -0.115. The van der Waals surface area contributed by atoms with E-state index in [4.69, 9.17) is 0 Å². The molecule has 126 valence electrons. The second kappa shape index (κ2) is 6.68. The average Bonchev–Trinajstić information content (AvgIpc) is 2.60. The molecule has 0 saturated carbocycles. The van der Waals surface area contributed by atoms with Gasteiger partial charge in [-0.2, -0.15) is 0 Å². The van der Waals surface area contributed by atoms with E-state index in [2.05, 4.69) is 49.0 Å². The van der Waals surface area contributed by atoms with E-state index in [1.165, 1.54) is 0 Å². The third-order valence-corrected chi connectivity index (χ3v) is 4.85. The lowest BCUT2D eigenvalue weighted by Crippen LogP contribution is -1.96. The van der Waals surface area contributed by atoms with E-state index in [9.17, 15) is 4.39 Å². The third-order valence-electron chi connectivity index (χ3n) is 4.85. The number of halogens is 1. The van der Waals surface area contributed by atoms with Crippen molar-refractivity contribution in [1.82, 2.24) is 0 Å². The summed E-state index contributed by atoms with van der Waals surface area (Å²) in [7, 11) is 0. The molecular formula is C24H23F. The van der Waals surface area contributed by atoms with Crippen LogP contribution in [0, 0.1) is 26.6 Å². The molecule has 0 fully saturated rings. The first-order valence-electron chi connectivity index (χ1n) is 8.51. The van der Waals surface area contributed by atoms with Crippen LogP contribution in [0.3, 0.4) is 0 Å². The lowest BCUT2D eigenvalue weighted by molar-refractivity contribution is 0.619. The Morgan fingerprint density at radius 1 is 0.760 bits per heavy atom. The fraction of sp³-hybridized carbons (Fsp3) is 0.167. The monoisotopic (exact) mass is 330 g/mol. The molecule has 0 N–H and O–H groups in total. The molecule has 0 saturated heterocycles. The predicted octanol–water partition coefficient (Wildman–Crippen LogP) is 7.12. The van der Waals surface area contributed by atoms with Gasteiger partial charge in [-0.1, -0.05) is 66.7 Å². The number of hydrogen-bond donors (Lipinski definition) is 0. The Bertz CT molecular complexity index is 929. The molecule has 0 radical (unpaired) electrons. The number of aryl methyl sites for hydroxylation is 2. The first kappa shape index (κ1) is 17.2. The van der Waals surface area contributed by atoms with E-state index < -0.39 is 0 Å². The number of benzene rings is 3. The van der Waals surface area contributed by atoms with E-state index in [-0.39, 0.29) is 5.82 Å². The van der Waals surface area contributed by atoms with E-state index in [1.54, 1.807) is 0 Å². The van der Waals surface area contributed by atoms with Crippen LogP contribution < -0.4 is 0 Å². The van der Waals surface area contributed by atoms with Crippen LogP contribution >= 0.6 is 0 Å². The topological polar surface area (TPSA) is 0 Å². The van der Waals surface area contributed by atoms with Gasteiger partial charge in [0.1, 0.15) is 5.82 Å². The van der Waals surface area contributed by atoms with Crippen LogP contribution in [0.1, 0.15) is 29.2 Å². The van der Waals surface area contributed by atoms with Gasteiger partial charge >= 0.3 is 0 Å². The number of rotatable bonds is 3. The second-order valence-electron chi connectivity index (χ2n) is 6.76. The summed E-state index contributed by atoms with van der Waals surface area (Å²) in [5.41, 5.74) is 8.78. The molecule has 0 nitrogen and oxygen atoms in total. The van der Waals surface area contributed by atoms with Crippen molar-refractivity contribution in [1.29, 1.82) is 0 Å². The SMILES string of the molecule is C=C(C)c1ccc(-c2ccc(-c3c(C)cc(C)c(C)c3F)cc2)cc1. The summed E-state index contributed by atoms with van der Waals surface area (Å²) >= 11 is 0. The molecule has 1 heteroatoms. The Balaban J connectivity index is 1.98. The van der Waals surface area contributed by atoms with Gasteiger partial charge in [0.2, 0.25) is 0 Å². The molecule has 3 aromatic carbocycles. The van der Waals surface area contributed by atoms with Crippen molar-refractivity contribution in [3.8, 4) is 22.3 Å². The van der Waals surface area contributed by atoms with Crippen molar-refractivity contribution < 1.29 is 4.39 Å². The Kier molecular flexibility index (Phi) is 4.59. The first-order valence-corrected chi connectivity index (χ1v) is 8.51. The lowest BCUT2D eigenvalue weighted by atomic mass is 9.93. The molecule has 0 amide bonds. The van der Waals surface area contributed by atoms with Gasteiger partial charge in [-0.05, 0) is 66.6 Å². The Morgan fingerprint density at radius 3 is 1.76 bits per heavy atom. The molecule has 0 bridgehead atoms. The molecule has 0 heterocycles. The largest absolute Gasteiger partial charge is 0.206 e. The molecule has 25 heavy (non-hydrogen) atoms. The standard InChI is InChI=1S/C24H23F/c1-15(2)19-6-8-20(9-7-19)21-10-12-22(13-11-21)23-17(4)14-16(3)18(5)24(23)25/h6-14H,1H2,2-5H3. The van der Waals surface area contributed by atoms with Crippen LogP contribution in [0.4, 0.5) is 4.39 Å². The van der Waals surface area contributed by atoms with Crippen LogP contribution in [-0.2, 0) is 0 Å². The minimum absolute atomic E-state index is 0.115. The number of allylic oxidation sites excluding steroid dienone is 1. The molecule has 0 atom stereocenters. The van der Waals surface area contributed by atoms with Crippen molar-refractivity contribution >= 4 is 5.57 Å². The van der Waals surface area contributed by atoms with Gasteiger partial charge in [-0.3, -0.25) is 0 Å². The van der Waals surface area contributed by atoms with Crippen molar-refractivity contribution in [3.05, 3.63) is 89.2 Å². The van der Waals surface area contributed by atoms with Crippen LogP contribution in [0.15, 0.2) is 61.2 Å². The van der Waals surface area contributed by atoms with Gasteiger partial charge in [0.25, 0.3) is 0 Å². The normalized spacial score (nSPS) is 10.8. The summed E-state index contributed by atoms with van der Waals surface area (Å²) < 4.78 is 14.7. The van der Waals surface area contributed by atoms with Gasteiger partial charge in [-0.25, -0.2) is 4.39 Å². The summed E-state index contributed by atoms with van der Waals surface area (Å²) in [5.74, 6) is -0.115. The molecule has 0 spiro atoms. The Morgan fingerprint density at radius 2 is 1.24 bits per heavy atom. The van der Waals surface area contributed by atoms with E-state index >= 15 is 0 Å². The maximum atomic E-state index is 14.7. The van der Waals surface area contributed by atoms with Gasteiger partial charge in [0.05, 0.1) is 0 Å². The van der Waals surface area contributed by atoms with Crippen molar-refractivity contribution in [2.24, 2.45) is 0 Å². The first-order chi connectivity index (χ1) is 11.9. The zero-order valence-corrected chi connectivity index (χ0v) is 15.3. The highest BCUT2D eigenvalue weighted by molar-refractivity contribution is 5.74. The van der Waals surface area contributed by atoms with E-state index in [0.717, 1.165) is 44.5 Å². The molecule has 0 aliphatic rings. The van der Waals surface area contributed by atoms with Crippen LogP contribution in [0.2, 0.25) is 0 Å². The predicted molar refractivity (Wildman–Crippen MR) is 106 cm³/mol. The van der Waals surface area contributed by atoms with Crippen molar-refractivity contribution in [3.63, 3.8) is 0 Å². The molecule has 0 aromatic heterocycles. The quantitative estimate of drug-likeness (QED) is 0.479. The molecular weight excluding hydrogens is 307 g/mol. The molecule has 0 aliphatic heterocycles. The van der Waals surface area contributed by atoms with Gasteiger partial charge in [0, 0.05) is 5.56 Å². The summed E-state index contributed by atoms with van der Waals surface area (Å²) in [6.45, 7) is 11.7. The highest BCUT2D eigenvalue weighted by Gasteiger charge is 2.13. The second-order valence-corrected chi connectivity index (χ2v) is 6.76. The lowest BCUT2D eigenvalue weighted by Gasteiger charge is -2.13. The van der Waals surface area contributed by atoms with E-state index in [0.29, 0.717) is 5.56 Å². The maximum Gasteiger partial charge on any atom is 0.134 e. The molecule has 0 aliphatic carbocycles. The fourth-order valence-corrected chi connectivity index (χ4v) is 3.17. The van der Waals surface area contributed by atoms with Gasteiger partial charge < -0.3 is 0 Å². The highest BCUT2D eigenvalue weighted by Crippen LogP contribution is 2.32. The third kappa shape index (κ3) is 3.28. The summed E-state index contributed by atoms with van der Waals surface area (Å²) in [5, 5.41) is 0. The fourth-order valence-electron chi connectivity index (χ4n) is 3.17. The summed E-state index contributed by atoms with van der Waals surface area (Å²) in [4.78, 5) is 0. The average molecular weight is 330 g/mol. The summed E-state index contributed by atoms with van der Waals surface area (Å²) in [6.07, 6.45) is 0. The zero-order valence-electron chi connectivity index (χ0n) is 15.3. The number of hydrogen-bond acceptors (Lipinski definition) is 0. The minimum Gasteiger partial charge on any atom is -0.206 e. The van der Waals surface area contributed by atoms with Crippen molar-refractivity contribution in [2.45, 2.75) is 27.7 Å². The van der Waals surface area contributed by atoms with Crippen LogP contribution in [0.25, 0.3) is 27.8 Å². The van der Waals surface area contributed by atoms with Crippen LogP contribution in [-0.4, -0.2) is 0 Å². The molecule has 0 unspecified atom stereocenters. The molecule has 3 rings (SSSR count). The van der Waals surface area contributed by atoms with Gasteiger partial charge in [0.15, 0.2) is 0 Å². The van der Waals surface area contributed by atoms with Crippen molar-refractivity contribution in [2.75, 3.05) is 0 Å².